The Morgan fingerprint density at radius 3 is 2.09 bits per heavy atom. The molecule has 1 heterocycles. The quantitative estimate of drug-likeness (QED) is 0.324. The van der Waals surface area contributed by atoms with Crippen LogP contribution in [0.1, 0.15) is 22.8 Å². The molecular weight excluding hydrogens is 432 g/mol. The van der Waals surface area contributed by atoms with Gasteiger partial charge in [-0.3, -0.25) is 14.7 Å². The van der Waals surface area contributed by atoms with Gasteiger partial charge < -0.3 is 9.47 Å². The van der Waals surface area contributed by atoms with Gasteiger partial charge in [0.25, 0.3) is 11.5 Å². The lowest BCUT2D eigenvalue weighted by Gasteiger charge is -2.08. The number of aromatic amines is 1. The SMILES string of the molecule is COc1cc(OC)cc(C(=O)NN=C(C)c2c(-c3ccccc3)[nH]n(-c3ccccc3)c2=O)c1. The van der Waals surface area contributed by atoms with Crippen LogP contribution in [-0.4, -0.2) is 35.6 Å². The monoisotopic (exact) mass is 456 g/mol. The van der Waals surface area contributed by atoms with E-state index in [1.165, 1.54) is 18.9 Å². The van der Waals surface area contributed by atoms with Crippen molar-refractivity contribution in [3.05, 3.63) is 100 Å². The summed E-state index contributed by atoms with van der Waals surface area (Å²) in [5, 5.41) is 7.43. The average molecular weight is 457 g/mol. The fraction of sp³-hybridized carbons (Fsp3) is 0.115. The van der Waals surface area contributed by atoms with Gasteiger partial charge in [-0.05, 0) is 31.2 Å². The van der Waals surface area contributed by atoms with Crippen molar-refractivity contribution in [1.29, 1.82) is 0 Å². The molecule has 0 unspecified atom stereocenters. The second-order valence-electron chi connectivity index (χ2n) is 7.44. The molecule has 1 amide bonds. The van der Waals surface area contributed by atoms with Crippen LogP contribution in [0.4, 0.5) is 0 Å². The first-order valence-corrected chi connectivity index (χ1v) is 10.6. The van der Waals surface area contributed by atoms with Crippen LogP contribution in [0.2, 0.25) is 0 Å². The molecule has 0 aliphatic carbocycles. The summed E-state index contributed by atoms with van der Waals surface area (Å²) in [4.78, 5) is 26.2. The minimum atomic E-state index is -0.461. The zero-order chi connectivity index (χ0) is 24.1. The average Bonchev–Trinajstić information content (AvgIpc) is 3.24. The first-order chi connectivity index (χ1) is 16.5. The van der Waals surface area contributed by atoms with E-state index in [1.807, 2.05) is 60.7 Å². The zero-order valence-electron chi connectivity index (χ0n) is 19.0. The number of H-pyrrole nitrogens is 1. The van der Waals surface area contributed by atoms with Crippen LogP contribution in [0.3, 0.4) is 0 Å². The van der Waals surface area contributed by atoms with E-state index in [9.17, 15) is 9.59 Å². The summed E-state index contributed by atoms with van der Waals surface area (Å²) in [6.07, 6.45) is 0. The van der Waals surface area contributed by atoms with E-state index >= 15 is 0 Å². The Bertz CT molecular complexity index is 1370. The van der Waals surface area contributed by atoms with Crippen molar-refractivity contribution in [3.8, 4) is 28.4 Å². The lowest BCUT2D eigenvalue weighted by Crippen LogP contribution is -2.23. The van der Waals surface area contributed by atoms with Crippen molar-refractivity contribution in [1.82, 2.24) is 15.2 Å². The van der Waals surface area contributed by atoms with Gasteiger partial charge >= 0.3 is 0 Å². The smallest absolute Gasteiger partial charge is 0.281 e. The number of amides is 1. The van der Waals surface area contributed by atoms with Crippen LogP contribution >= 0.6 is 0 Å². The fourth-order valence-electron chi connectivity index (χ4n) is 3.54. The number of hydrogen-bond donors (Lipinski definition) is 2. The number of methoxy groups -OCH3 is 2. The summed E-state index contributed by atoms with van der Waals surface area (Å²) in [7, 11) is 3.01. The predicted octanol–water partition coefficient (Wildman–Crippen LogP) is 4.00. The molecule has 0 atom stereocenters. The number of nitrogens with one attached hydrogen (secondary N) is 2. The highest BCUT2D eigenvalue weighted by molar-refractivity contribution is 6.04. The number of nitrogens with zero attached hydrogens (tertiary/aromatic N) is 2. The van der Waals surface area contributed by atoms with Crippen molar-refractivity contribution < 1.29 is 14.3 Å². The number of ether oxygens (including phenoxy) is 2. The summed E-state index contributed by atoms with van der Waals surface area (Å²) >= 11 is 0. The number of carbonyl (C=O) groups is 1. The Labute approximate surface area is 196 Å². The van der Waals surface area contributed by atoms with Gasteiger partial charge in [0, 0.05) is 17.2 Å². The third-order valence-corrected chi connectivity index (χ3v) is 5.27. The molecule has 2 N–H and O–H groups in total. The Kier molecular flexibility index (Phi) is 6.59. The van der Waals surface area contributed by atoms with E-state index in [-0.39, 0.29) is 5.56 Å². The molecule has 0 aliphatic rings. The molecule has 0 saturated carbocycles. The lowest BCUT2D eigenvalue weighted by atomic mass is 10.1. The molecule has 0 saturated heterocycles. The summed E-state index contributed by atoms with van der Waals surface area (Å²) in [5.74, 6) is 0.498. The van der Waals surface area contributed by atoms with Gasteiger partial charge in [-0.15, -0.1) is 0 Å². The largest absolute Gasteiger partial charge is 0.497 e. The Balaban J connectivity index is 1.73. The lowest BCUT2D eigenvalue weighted by molar-refractivity contribution is 0.0954. The summed E-state index contributed by atoms with van der Waals surface area (Å²) in [6.45, 7) is 1.68. The maximum Gasteiger partial charge on any atom is 0.281 e. The van der Waals surface area contributed by atoms with Crippen LogP contribution in [0.25, 0.3) is 16.9 Å². The Morgan fingerprint density at radius 2 is 1.50 bits per heavy atom. The number of hydrogen-bond acceptors (Lipinski definition) is 5. The van der Waals surface area contributed by atoms with Gasteiger partial charge in [-0.2, -0.15) is 5.10 Å². The maximum absolute atomic E-state index is 13.4. The molecule has 4 rings (SSSR count). The normalized spacial score (nSPS) is 11.2. The molecule has 1 aromatic heterocycles. The van der Waals surface area contributed by atoms with Gasteiger partial charge in [-0.1, -0.05) is 48.5 Å². The molecule has 8 heteroatoms. The van der Waals surface area contributed by atoms with Gasteiger partial charge in [0.2, 0.25) is 0 Å². The van der Waals surface area contributed by atoms with E-state index < -0.39 is 5.91 Å². The van der Waals surface area contributed by atoms with E-state index in [1.54, 1.807) is 25.1 Å². The molecule has 0 radical (unpaired) electrons. The minimum Gasteiger partial charge on any atom is -0.497 e. The third-order valence-electron chi connectivity index (χ3n) is 5.27. The number of rotatable bonds is 7. The van der Waals surface area contributed by atoms with Gasteiger partial charge in [0.1, 0.15) is 11.5 Å². The van der Waals surface area contributed by atoms with Gasteiger partial charge in [0.05, 0.1) is 36.9 Å². The van der Waals surface area contributed by atoms with E-state index in [2.05, 4.69) is 15.6 Å². The summed E-state index contributed by atoms with van der Waals surface area (Å²) in [6, 6.07) is 23.6. The molecule has 0 fully saturated rings. The number of para-hydroxylation sites is 1. The van der Waals surface area contributed by atoms with Crippen LogP contribution in [0.15, 0.2) is 88.8 Å². The second-order valence-corrected chi connectivity index (χ2v) is 7.44. The van der Waals surface area contributed by atoms with E-state index in [0.717, 1.165) is 5.56 Å². The second kappa shape index (κ2) is 9.91. The number of aromatic nitrogens is 2. The molecule has 0 bridgehead atoms. The highest BCUT2D eigenvalue weighted by atomic mass is 16.5. The van der Waals surface area contributed by atoms with E-state index in [4.69, 9.17) is 9.47 Å². The minimum absolute atomic E-state index is 0.274. The summed E-state index contributed by atoms with van der Waals surface area (Å²) < 4.78 is 11.9. The van der Waals surface area contributed by atoms with Crippen molar-refractivity contribution in [2.75, 3.05) is 14.2 Å². The third kappa shape index (κ3) is 4.61. The highest BCUT2D eigenvalue weighted by Gasteiger charge is 2.20. The predicted molar refractivity (Wildman–Crippen MR) is 131 cm³/mol. The number of hydrazone groups is 1. The van der Waals surface area contributed by atoms with Crippen LogP contribution in [-0.2, 0) is 0 Å². The van der Waals surface area contributed by atoms with Crippen LogP contribution in [0, 0.1) is 0 Å². The van der Waals surface area contributed by atoms with Crippen molar-refractivity contribution >= 4 is 11.6 Å². The fourth-order valence-corrected chi connectivity index (χ4v) is 3.54. The topological polar surface area (TPSA) is 97.7 Å². The number of benzene rings is 3. The van der Waals surface area contributed by atoms with Gasteiger partial charge in [0.15, 0.2) is 0 Å². The Hall–Kier alpha value is -4.59. The molecule has 8 nitrogen and oxygen atoms in total. The molecule has 4 aromatic rings. The van der Waals surface area contributed by atoms with Crippen molar-refractivity contribution in [2.24, 2.45) is 5.10 Å². The molecule has 3 aromatic carbocycles. The maximum atomic E-state index is 13.4. The molecular formula is C26H24N4O4. The van der Waals surface area contributed by atoms with Crippen molar-refractivity contribution in [3.63, 3.8) is 0 Å². The van der Waals surface area contributed by atoms with Crippen molar-refractivity contribution in [2.45, 2.75) is 6.92 Å². The Morgan fingerprint density at radius 1 is 0.912 bits per heavy atom. The first-order valence-electron chi connectivity index (χ1n) is 10.6. The standard InChI is InChI=1S/C26H24N4O4/c1-17(27-28-25(31)19-14-21(33-2)16-22(15-19)34-3)23-24(18-10-6-4-7-11-18)29-30(26(23)32)20-12-8-5-9-13-20/h4-16,29H,1-3H3,(H,28,31). The number of carbonyl (C=O) groups excluding carboxylic acids is 1. The van der Waals surface area contributed by atoms with Crippen LogP contribution < -0.4 is 20.5 Å². The van der Waals surface area contributed by atoms with Crippen LogP contribution in [0.5, 0.6) is 11.5 Å². The highest BCUT2D eigenvalue weighted by Crippen LogP contribution is 2.23. The molecule has 0 spiro atoms. The summed E-state index contributed by atoms with van der Waals surface area (Å²) in [5.41, 5.74) is 5.40. The first kappa shape index (κ1) is 22.6. The van der Waals surface area contributed by atoms with E-state index in [0.29, 0.717) is 39.7 Å². The zero-order valence-corrected chi connectivity index (χ0v) is 19.0. The molecule has 172 valence electrons. The molecule has 0 aliphatic heterocycles. The molecule has 34 heavy (non-hydrogen) atoms. The van der Waals surface area contributed by atoms with Gasteiger partial charge in [-0.25, -0.2) is 10.1 Å².